The minimum Gasteiger partial charge on any atom is -0.228 e. The maximum Gasteiger partial charge on any atom is 0.160 e. The lowest BCUT2D eigenvalue weighted by molar-refractivity contribution is 0.522. The third-order valence-electron chi connectivity index (χ3n) is 10.5. The lowest BCUT2D eigenvalue weighted by atomic mass is 9.78. The highest BCUT2D eigenvalue weighted by Gasteiger charge is 2.23. The second-order valence-electron chi connectivity index (χ2n) is 16.2. The third-order valence-corrected chi connectivity index (χ3v) is 10.5. The van der Waals surface area contributed by atoms with E-state index in [2.05, 4.69) is 192 Å². The van der Waals surface area contributed by atoms with Crippen LogP contribution in [0.4, 0.5) is 0 Å². The van der Waals surface area contributed by atoms with Crippen LogP contribution in [0.15, 0.2) is 176 Å². The number of rotatable bonds is 9. The van der Waals surface area contributed by atoms with Gasteiger partial charge in [-0.1, -0.05) is 192 Å². The lowest BCUT2D eigenvalue weighted by Crippen LogP contribution is -2.20. The molecule has 0 radical (unpaired) electrons. The van der Waals surface area contributed by atoms with E-state index in [1.54, 1.807) is 0 Å². The molecule has 8 rings (SSSR count). The van der Waals surface area contributed by atoms with Gasteiger partial charge in [-0.2, -0.15) is 0 Å². The van der Waals surface area contributed by atoms with Gasteiger partial charge in [-0.15, -0.1) is 0 Å². The standard InChI is InChI=1S/C52H46N4/c1-51(2,3)43-30-28-41(29-31-43)49-53-45(37-16-9-6-10-17-37)34-48(54-49)40-26-24-36(25-27-40)35-52(4,5)44-23-15-22-42(32-44)50-55-46(38-18-11-7-12-19-38)33-47(56-50)39-20-13-8-14-21-39/h6-34H,35H2,1-5H3. The van der Waals surface area contributed by atoms with E-state index in [1.807, 2.05) is 18.2 Å². The van der Waals surface area contributed by atoms with Crippen LogP contribution in [-0.2, 0) is 17.3 Å². The summed E-state index contributed by atoms with van der Waals surface area (Å²) in [6, 6.07) is 61.5. The molecule has 0 unspecified atom stereocenters. The quantitative estimate of drug-likeness (QED) is 0.149. The zero-order valence-corrected chi connectivity index (χ0v) is 32.7. The van der Waals surface area contributed by atoms with Gasteiger partial charge in [0, 0.05) is 33.4 Å². The van der Waals surface area contributed by atoms with Crippen molar-refractivity contribution in [3.05, 3.63) is 193 Å². The van der Waals surface area contributed by atoms with Gasteiger partial charge in [0.2, 0.25) is 0 Å². The summed E-state index contributed by atoms with van der Waals surface area (Å²) >= 11 is 0. The van der Waals surface area contributed by atoms with Crippen molar-refractivity contribution in [3.63, 3.8) is 0 Å². The summed E-state index contributed by atoms with van der Waals surface area (Å²) in [6.07, 6.45) is 0.862. The van der Waals surface area contributed by atoms with Crippen LogP contribution in [0.2, 0.25) is 0 Å². The zero-order valence-electron chi connectivity index (χ0n) is 32.7. The molecular formula is C52H46N4. The Balaban J connectivity index is 1.08. The average Bonchev–Trinajstić information content (AvgIpc) is 3.24. The molecule has 2 aromatic heterocycles. The van der Waals surface area contributed by atoms with E-state index in [0.717, 1.165) is 74.2 Å². The van der Waals surface area contributed by atoms with Crippen LogP contribution in [0.3, 0.4) is 0 Å². The maximum absolute atomic E-state index is 5.11. The average molecular weight is 727 g/mol. The Hall–Kier alpha value is -6.52. The summed E-state index contributed by atoms with van der Waals surface area (Å²) in [4.78, 5) is 20.3. The molecule has 4 heteroatoms. The van der Waals surface area contributed by atoms with E-state index in [-0.39, 0.29) is 10.8 Å². The zero-order chi connectivity index (χ0) is 38.7. The molecule has 4 nitrogen and oxygen atoms in total. The first kappa shape index (κ1) is 36.5. The van der Waals surface area contributed by atoms with Gasteiger partial charge in [0.15, 0.2) is 11.6 Å². The minimum absolute atomic E-state index is 0.0744. The fraction of sp³-hybridized carbons (Fsp3) is 0.154. The highest BCUT2D eigenvalue weighted by molar-refractivity contribution is 5.73. The van der Waals surface area contributed by atoms with Crippen molar-refractivity contribution in [1.29, 1.82) is 0 Å². The summed E-state index contributed by atoms with van der Waals surface area (Å²) in [6.45, 7) is 11.3. The van der Waals surface area contributed by atoms with Gasteiger partial charge in [0.25, 0.3) is 0 Å². The number of benzene rings is 6. The fourth-order valence-electron chi connectivity index (χ4n) is 7.18. The smallest absolute Gasteiger partial charge is 0.160 e. The highest BCUT2D eigenvalue weighted by atomic mass is 14.9. The third kappa shape index (κ3) is 8.11. The van der Waals surface area contributed by atoms with Gasteiger partial charge in [0.05, 0.1) is 22.8 Å². The topological polar surface area (TPSA) is 51.6 Å². The van der Waals surface area contributed by atoms with Gasteiger partial charge < -0.3 is 0 Å². The number of nitrogens with zero attached hydrogens (tertiary/aromatic N) is 4. The molecule has 6 aromatic carbocycles. The molecule has 0 spiro atoms. The Morgan fingerprint density at radius 3 is 1.18 bits per heavy atom. The molecule has 0 bridgehead atoms. The Kier molecular flexibility index (Phi) is 9.97. The van der Waals surface area contributed by atoms with Crippen LogP contribution >= 0.6 is 0 Å². The minimum atomic E-state index is -0.154. The maximum atomic E-state index is 5.11. The number of aromatic nitrogens is 4. The van der Waals surface area contributed by atoms with Crippen LogP contribution in [0.5, 0.6) is 0 Å². The first-order valence-corrected chi connectivity index (χ1v) is 19.3. The van der Waals surface area contributed by atoms with Crippen LogP contribution in [0, 0.1) is 0 Å². The Bertz CT molecular complexity index is 2510. The lowest BCUT2D eigenvalue weighted by Gasteiger charge is -2.26. The van der Waals surface area contributed by atoms with Gasteiger partial charge in [-0.05, 0) is 52.1 Å². The van der Waals surface area contributed by atoms with Crippen molar-refractivity contribution in [3.8, 4) is 67.8 Å². The van der Waals surface area contributed by atoms with Crippen molar-refractivity contribution < 1.29 is 0 Å². The second-order valence-corrected chi connectivity index (χ2v) is 16.2. The van der Waals surface area contributed by atoms with E-state index in [9.17, 15) is 0 Å². The predicted octanol–water partition coefficient (Wildman–Crippen LogP) is 13.1. The van der Waals surface area contributed by atoms with Gasteiger partial charge >= 0.3 is 0 Å². The second kappa shape index (κ2) is 15.3. The molecule has 0 amide bonds. The molecule has 0 atom stereocenters. The van der Waals surface area contributed by atoms with Crippen molar-refractivity contribution in [2.45, 2.75) is 51.9 Å². The van der Waals surface area contributed by atoms with E-state index >= 15 is 0 Å². The molecule has 8 aromatic rings. The molecule has 0 aliphatic carbocycles. The van der Waals surface area contributed by atoms with Crippen molar-refractivity contribution in [2.24, 2.45) is 0 Å². The van der Waals surface area contributed by atoms with Crippen LogP contribution in [-0.4, -0.2) is 19.9 Å². The number of hydrogen-bond acceptors (Lipinski definition) is 4. The van der Waals surface area contributed by atoms with Gasteiger partial charge in [0.1, 0.15) is 0 Å². The van der Waals surface area contributed by atoms with E-state index in [1.165, 1.54) is 16.7 Å². The summed E-state index contributed by atoms with van der Waals surface area (Å²) < 4.78 is 0. The molecule has 0 aliphatic heterocycles. The normalized spacial score (nSPS) is 11.7. The van der Waals surface area contributed by atoms with E-state index in [0.29, 0.717) is 0 Å². The molecule has 0 aliphatic rings. The van der Waals surface area contributed by atoms with E-state index in [4.69, 9.17) is 19.9 Å². The summed E-state index contributed by atoms with van der Waals surface area (Å²) in [5, 5.41) is 0. The monoisotopic (exact) mass is 726 g/mol. The molecule has 0 N–H and O–H groups in total. The molecule has 56 heavy (non-hydrogen) atoms. The molecule has 2 heterocycles. The predicted molar refractivity (Wildman–Crippen MR) is 232 cm³/mol. The molecule has 274 valence electrons. The highest BCUT2D eigenvalue weighted by Crippen LogP contribution is 2.34. The number of hydrogen-bond donors (Lipinski definition) is 0. The van der Waals surface area contributed by atoms with Crippen LogP contribution < -0.4 is 0 Å². The molecule has 0 saturated heterocycles. The summed E-state index contributed by atoms with van der Waals surface area (Å²) in [7, 11) is 0. The summed E-state index contributed by atoms with van der Waals surface area (Å²) in [5.74, 6) is 1.44. The van der Waals surface area contributed by atoms with Crippen LogP contribution in [0.1, 0.15) is 51.3 Å². The fourth-order valence-corrected chi connectivity index (χ4v) is 7.18. The van der Waals surface area contributed by atoms with Gasteiger partial charge in [-0.3, -0.25) is 0 Å². The molecule has 0 fully saturated rings. The van der Waals surface area contributed by atoms with Crippen molar-refractivity contribution in [1.82, 2.24) is 19.9 Å². The summed E-state index contributed by atoms with van der Waals surface area (Å²) in [5.41, 5.74) is 13.6. The largest absolute Gasteiger partial charge is 0.228 e. The van der Waals surface area contributed by atoms with Crippen molar-refractivity contribution in [2.75, 3.05) is 0 Å². The van der Waals surface area contributed by atoms with Crippen LogP contribution in [0.25, 0.3) is 67.8 Å². The first-order chi connectivity index (χ1) is 27.1. The molecule has 0 saturated carbocycles. The van der Waals surface area contributed by atoms with Gasteiger partial charge in [-0.25, -0.2) is 19.9 Å². The van der Waals surface area contributed by atoms with E-state index < -0.39 is 0 Å². The Labute approximate surface area is 331 Å². The SMILES string of the molecule is CC(C)(C)c1ccc(-c2nc(-c3ccccc3)cc(-c3ccc(CC(C)(C)c4cccc(-c5nc(-c6ccccc6)cc(-c6ccccc6)n5)c4)cc3)n2)cc1. The molecular weight excluding hydrogens is 681 g/mol. The Morgan fingerprint density at radius 1 is 0.339 bits per heavy atom. The Morgan fingerprint density at radius 2 is 0.732 bits per heavy atom. The van der Waals surface area contributed by atoms with Crippen molar-refractivity contribution >= 4 is 0 Å². The first-order valence-electron chi connectivity index (χ1n) is 19.3.